The van der Waals surface area contributed by atoms with Crippen LogP contribution in [0.1, 0.15) is 79.1 Å². The first-order valence-electron chi connectivity index (χ1n) is 16.0. The standard InChI is InChI=1S/C36H43NO14/c1-18-13-14-34(8,9)31(44)29(48-22(5)40)28(47-21(4)39)19(2)27(46-20(3)38)26-32(49-23(6)41)35(10,17-36(26,30(18)43)50-24(7)42)51-33(45)25-12-11-15-37-16-25/h11-16,18,26-29,32H,2,17H2,1,3-10H3/t18-,26+,27+,28+,29-,32-,35-,36-/m0/s1. The lowest BCUT2D eigenvalue weighted by molar-refractivity contribution is -0.188. The summed E-state index contributed by atoms with van der Waals surface area (Å²) in [5, 5.41) is 0. The molecule has 1 saturated carbocycles. The van der Waals surface area contributed by atoms with Crippen LogP contribution in [0.4, 0.5) is 0 Å². The molecule has 0 amide bonds. The Morgan fingerprint density at radius 3 is 1.82 bits per heavy atom. The molecule has 0 radical (unpaired) electrons. The van der Waals surface area contributed by atoms with Gasteiger partial charge in [-0.1, -0.05) is 25.7 Å². The van der Waals surface area contributed by atoms with E-state index >= 15 is 0 Å². The minimum absolute atomic E-state index is 0.0174. The number of Topliss-reactive ketones (excluding diaryl/α,β-unsaturated/α-hetero) is 2. The third-order valence-electron chi connectivity index (χ3n) is 8.66. The quantitative estimate of drug-likeness (QED) is 0.226. The summed E-state index contributed by atoms with van der Waals surface area (Å²) >= 11 is 0. The number of hydrogen-bond donors (Lipinski definition) is 0. The Kier molecular flexibility index (Phi) is 12.1. The van der Waals surface area contributed by atoms with Gasteiger partial charge in [0.05, 0.1) is 11.5 Å². The Labute approximate surface area is 295 Å². The maximum absolute atomic E-state index is 14.8. The summed E-state index contributed by atoms with van der Waals surface area (Å²) in [5.74, 6) is -10.3. The molecule has 276 valence electrons. The van der Waals surface area contributed by atoms with Crippen molar-refractivity contribution in [3.63, 3.8) is 0 Å². The fourth-order valence-electron chi connectivity index (χ4n) is 6.62. The molecule has 15 nitrogen and oxygen atoms in total. The fourth-order valence-corrected chi connectivity index (χ4v) is 6.62. The Bertz CT molecular complexity index is 1650. The van der Waals surface area contributed by atoms with E-state index in [2.05, 4.69) is 11.6 Å². The van der Waals surface area contributed by atoms with Gasteiger partial charge in [0.15, 0.2) is 35.0 Å². The lowest BCUT2D eigenvalue weighted by atomic mass is 9.72. The number of hydrogen-bond acceptors (Lipinski definition) is 15. The van der Waals surface area contributed by atoms with Crippen molar-refractivity contribution in [3.8, 4) is 0 Å². The van der Waals surface area contributed by atoms with Gasteiger partial charge in [0, 0.05) is 70.3 Å². The number of carbonyl (C=O) groups excluding carboxylic acids is 8. The van der Waals surface area contributed by atoms with Gasteiger partial charge < -0.3 is 28.4 Å². The van der Waals surface area contributed by atoms with Gasteiger partial charge in [-0.25, -0.2) is 4.79 Å². The highest BCUT2D eigenvalue weighted by Gasteiger charge is 2.72. The number of ketones is 2. The molecule has 2 aliphatic rings. The molecule has 1 aromatic heterocycles. The molecule has 1 aromatic rings. The second-order valence-electron chi connectivity index (χ2n) is 13.4. The number of pyridine rings is 1. The van der Waals surface area contributed by atoms with Gasteiger partial charge in [-0.3, -0.25) is 38.5 Å². The molecule has 0 saturated heterocycles. The zero-order chi connectivity index (χ0) is 38.6. The van der Waals surface area contributed by atoms with Crippen LogP contribution >= 0.6 is 0 Å². The first kappa shape index (κ1) is 40.2. The normalized spacial score (nSPS) is 30.4. The van der Waals surface area contributed by atoms with Gasteiger partial charge in [-0.2, -0.15) is 0 Å². The molecule has 0 aliphatic heterocycles. The molecule has 1 fully saturated rings. The van der Waals surface area contributed by atoms with Crippen LogP contribution in [0.25, 0.3) is 0 Å². The molecular formula is C36H43NO14. The highest BCUT2D eigenvalue weighted by molar-refractivity contribution is 5.96. The van der Waals surface area contributed by atoms with Crippen LogP contribution in [-0.2, 0) is 62.0 Å². The van der Waals surface area contributed by atoms with E-state index in [1.807, 2.05) is 0 Å². The SMILES string of the molecule is C=C1[C@@H](OC(C)=O)[C@@H]2[C@H](OC(C)=O)[C@@](C)(OC(=O)c3cccnc3)C[C@@]2(OC(C)=O)C(=O)[C@@H](C)C=CC(C)(C)C(=O)[C@@H](OC(C)=O)[C@@H]1OC(C)=O. The van der Waals surface area contributed by atoms with Gasteiger partial charge >= 0.3 is 35.8 Å². The molecular weight excluding hydrogens is 670 g/mol. The molecule has 0 N–H and O–H groups in total. The molecule has 3 rings (SSSR count). The average molecular weight is 714 g/mol. The first-order chi connectivity index (χ1) is 23.6. The Hall–Kier alpha value is -5.21. The Morgan fingerprint density at radius 2 is 1.31 bits per heavy atom. The Balaban J connectivity index is 2.52. The molecule has 8 atom stereocenters. The largest absolute Gasteiger partial charge is 0.458 e. The van der Waals surface area contributed by atoms with Crippen LogP contribution < -0.4 is 0 Å². The van der Waals surface area contributed by atoms with Crippen molar-refractivity contribution < 1.29 is 66.8 Å². The highest BCUT2D eigenvalue weighted by Crippen LogP contribution is 2.54. The van der Waals surface area contributed by atoms with E-state index < -0.39 is 112 Å². The summed E-state index contributed by atoms with van der Waals surface area (Å²) in [6, 6.07) is 2.88. The fraction of sp³-hybridized carbons (Fsp3) is 0.528. The van der Waals surface area contributed by atoms with Crippen molar-refractivity contribution >= 4 is 47.4 Å². The monoisotopic (exact) mass is 713 g/mol. The zero-order valence-electron chi connectivity index (χ0n) is 30.0. The summed E-state index contributed by atoms with van der Waals surface area (Å²) in [6.07, 6.45) is -2.65. The second kappa shape index (κ2) is 15.4. The van der Waals surface area contributed by atoms with E-state index in [0.29, 0.717) is 0 Å². The number of allylic oxidation sites excluding steroid dienone is 2. The predicted octanol–water partition coefficient (Wildman–Crippen LogP) is 2.97. The number of nitrogens with zero attached hydrogens (tertiary/aromatic N) is 1. The number of esters is 6. The summed E-state index contributed by atoms with van der Waals surface area (Å²) in [4.78, 5) is 110. The average Bonchev–Trinajstić information content (AvgIpc) is 3.24. The van der Waals surface area contributed by atoms with E-state index in [4.69, 9.17) is 28.4 Å². The predicted molar refractivity (Wildman–Crippen MR) is 174 cm³/mol. The van der Waals surface area contributed by atoms with Crippen molar-refractivity contribution in [3.05, 3.63) is 54.4 Å². The molecule has 0 unspecified atom stereocenters. The van der Waals surface area contributed by atoms with Crippen LogP contribution in [0.3, 0.4) is 0 Å². The second-order valence-corrected chi connectivity index (χ2v) is 13.4. The van der Waals surface area contributed by atoms with Gasteiger partial charge in [-0.05, 0) is 32.9 Å². The minimum atomic E-state index is -2.41. The molecule has 0 spiro atoms. The number of rotatable bonds is 7. The van der Waals surface area contributed by atoms with Gasteiger partial charge in [-0.15, -0.1) is 0 Å². The topological polar surface area (TPSA) is 205 Å². The van der Waals surface area contributed by atoms with Crippen LogP contribution in [0.5, 0.6) is 0 Å². The summed E-state index contributed by atoms with van der Waals surface area (Å²) < 4.78 is 34.5. The minimum Gasteiger partial charge on any atom is -0.458 e. The van der Waals surface area contributed by atoms with Crippen molar-refractivity contribution in [1.82, 2.24) is 4.98 Å². The van der Waals surface area contributed by atoms with E-state index in [0.717, 1.165) is 34.6 Å². The molecule has 2 aliphatic carbocycles. The first-order valence-corrected chi connectivity index (χ1v) is 16.0. The van der Waals surface area contributed by atoms with Crippen molar-refractivity contribution in [1.29, 1.82) is 0 Å². The third kappa shape index (κ3) is 8.75. The van der Waals surface area contributed by atoms with E-state index in [9.17, 15) is 38.4 Å². The smallest absolute Gasteiger partial charge is 0.340 e. The molecule has 51 heavy (non-hydrogen) atoms. The molecule has 1 heterocycles. The summed E-state index contributed by atoms with van der Waals surface area (Å²) in [7, 11) is 0. The summed E-state index contributed by atoms with van der Waals surface area (Å²) in [5.41, 5.74) is -6.33. The third-order valence-corrected chi connectivity index (χ3v) is 8.66. The summed E-state index contributed by atoms with van der Waals surface area (Å²) in [6.45, 7) is 14.8. The van der Waals surface area contributed by atoms with Crippen molar-refractivity contribution in [2.75, 3.05) is 0 Å². The number of ether oxygens (including phenoxy) is 6. The van der Waals surface area contributed by atoms with Crippen LogP contribution in [0.2, 0.25) is 0 Å². The Morgan fingerprint density at radius 1 is 0.765 bits per heavy atom. The van der Waals surface area contributed by atoms with Crippen molar-refractivity contribution in [2.24, 2.45) is 17.3 Å². The van der Waals surface area contributed by atoms with Crippen molar-refractivity contribution in [2.45, 2.75) is 104 Å². The lowest BCUT2D eigenvalue weighted by Gasteiger charge is -2.42. The van der Waals surface area contributed by atoms with Gasteiger partial charge in [0.2, 0.25) is 6.10 Å². The zero-order valence-corrected chi connectivity index (χ0v) is 30.0. The van der Waals surface area contributed by atoms with E-state index in [1.165, 1.54) is 64.4 Å². The van der Waals surface area contributed by atoms with Crippen LogP contribution in [0, 0.1) is 17.3 Å². The highest BCUT2D eigenvalue weighted by atomic mass is 16.6. The van der Waals surface area contributed by atoms with Crippen LogP contribution in [-0.4, -0.2) is 88.0 Å². The molecule has 0 aromatic carbocycles. The van der Waals surface area contributed by atoms with E-state index in [-0.39, 0.29) is 5.56 Å². The van der Waals surface area contributed by atoms with Crippen LogP contribution in [0.15, 0.2) is 48.8 Å². The number of carbonyl (C=O) groups is 8. The molecule has 0 bridgehead atoms. The van der Waals surface area contributed by atoms with E-state index in [1.54, 1.807) is 0 Å². The van der Waals surface area contributed by atoms with Gasteiger partial charge in [0.25, 0.3) is 0 Å². The molecule has 15 heteroatoms. The van der Waals surface area contributed by atoms with Gasteiger partial charge in [0.1, 0.15) is 6.10 Å². The number of aromatic nitrogens is 1. The number of fused-ring (bicyclic) bond motifs is 1. The lowest BCUT2D eigenvalue weighted by Crippen LogP contribution is -2.58. The maximum Gasteiger partial charge on any atom is 0.340 e. The maximum atomic E-state index is 14.8.